The van der Waals surface area contributed by atoms with Gasteiger partial charge in [0.25, 0.3) is 0 Å². The first-order valence-corrected chi connectivity index (χ1v) is 8.56. The van der Waals surface area contributed by atoms with Gasteiger partial charge in [0.2, 0.25) is 5.89 Å². The van der Waals surface area contributed by atoms with E-state index in [-0.39, 0.29) is 0 Å². The van der Waals surface area contributed by atoms with Gasteiger partial charge in [0.1, 0.15) is 11.5 Å². The lowest BCUT2D eigenvalue weighted by Gasteiger charge is -2.23. The third kappa shape index (κ3) is 2.69. The fourth-order valence-corrected chi connectivity index (χ4v) is 3.54. The van der Waals surface area contributed by atoms with E-state index >= 15 is 0 Å². The van der Waals surface area contributed by atoms with Crippen LogP contribution in [0.5, 0.6) is 0 Å². The average molecular weight is 339 g/mol. The normalized spacial score (nSPS) is 16.5. The number of para-hydroxylation sites is 1. The van der Waals surface area contributed by atoms with Gasteiger partial charge in [0.15, 0.2) is 0 Å². The van der Waals surface area contributed by atoms with Gasteiger partial charge in [-0.3, -0.25) is 0 Å². The van der Waals surface area contributed by atoms with Crippen LogP contribution in [0, 0.1) is 6.92 Å². The number of fused-ring (bicyclic) bond motifs is 1. The van der Waals surface area contributed by atoms with E-state index in [1.165, 1.54) is 11.3 Å². The number of aromatic nitrogens is 1. The Bertz CT molecular complexity index is 887. The molecule has 0 radical (unpaired) electrons. The third-order valence-electron chi connectivity index (χ3n) is 4.63. The fraction of sp³-hybridized carbons (Fsp3) is 0.250. The van der Waals surface area contributed by atoms with Crippen molar-refractivity contribution in [3.63, 3.8) is 0 Å². The van der Waals surface area contributed by atoms with E-state index in [1.54, 1.807) is 0 Å². The number of nitrogens with zero attached hydrogens (tertiary/aromatic N) is 2. The zero-order chi connectivity index (χ0) is 16.7. The van der Waals surface area contributed by atoms with E-state index in [9.17, 15) is 0 Å². The molecule has 0 fully saturated rings. The number of rotatable bonds is 3. The summed E-state index contributed by atoms with van der Waals surface area (Å²) in [6.07, 6.45) is 1.08. The number of halogens is 1. The summed E-state index contributed by atoms with van der Waals surface area (Å²) in [5.74, 6) is 1.49. The molecule has 3 nitrogen and oxygen atoms in total. The predicted octanol–water partition coefficient (Wildman–Crippen LogP) is 5.25. The van der Waals surface area contributed by atoms with Gasteiger partial charge >= 0.3 is 0 Å². The molecule has 1 aromatic heterocycles. The molecular formula is C20H19ClN2O. The topological polar surface area (TPSA) is 29.3 Å². The molecule has 0 spiro atoms. The van der Waals surface area contributed by atoms with Gasteiger partial charge in [0.05, 0.1) is 6.54 Å². The molecular weight excluding hydrogens is 320 g/mol. The van der Waals surface area contributed by atoms with Crippen LogP contribution in [0.1, 0.15) is 23.9 Å². The van der Waals surface area contributed by atoms with Gasteiger partial charge in [-0.2, -0.15) is 0 Å². The molecule has 24 heavy (non-hydrogen) atoms. The maximum atomic E-state index is 6.08. The summed E-state index contributed by atoms with van der Waals surface area (Å²) in [6.45, 7) is 4.99. The van der Waals surface area contributed by atoms with Crippen LogP contribution in [0.25, 0.3) is 11.5 Å². The first kappa shape index (κ1) is 15.3. The van der Waals surface area contributed by atoms with Gasteiger partial charge in [-0.25, -0.2) is 4.98 Å². The predicted molar refractivity (Wildman–Crippen MR) is 97.5 cm³/mol. The minimum atomic E-state index is 0.466. The Kier molecular flexibility index (Phi) is 3.81. The third-order valence-corrected chi connectivity index (χ3v) is 4.87. The average Bonchev–Trinajstić information content (AvgIpc) is 3.09. The number of hydrogen-bond acceptors (Lipinski definition) is 3. The molecule has 0 bridgehead atoms. The van der Waals surface area contributed by atoms with Crippen LogP contribution in [-0.4, -0.2) is 11.0 Å². The number of aryl methyl sites for hydroxylation is 1. The lowest BCUT2D eigenvalue weighted by Crippen LogP contribution is -2.29. The minimum Gasteiger partial charge on any atom is -0.441 e. The molecule has 1 aliphatic rings. The Morgan fingerprint density at radius 1 is 1.21 bits per heavy atom. The van der Waals surface area contributed by atoms with Crippen molar-refractivity contribution in [1.29, 1.82) is 0 Å². The Hall–Kier alpha value is -2.26. The van der Waals surface area contributed by atoms with E-state index in [0.717, 1.165) is 30.0 Å². The molecule has 4 rings (SSSR count). The van der Waals surface area contributed by atoms with E-state index in [1.807, 2.05) is 31.2 Å². The highest BCUT2D eigenvalue weighted by molar-refractivity contribution is 6.30. The highest BCUT2D eigenvalue weighted by Crippen LogP contribution is 2.34. The second-order valence-electron chi connectivity index (χ2n) is 6.34. The maximum Gasteiger partial charge on any atom is 0.226 e. The molecule has 1 atom stereocenters. The van der Waals surface area contributed by atoms with E-state index in [4.69, 9.17) is 21.0 Å². The van der Waals surface area contributed by atoms with Crippen molar-refractivity contribution >= 4 is 17.3 Å². The highest BCUT2D eigenvalue weighted by Gasteiger charge is 2.27. The van der Waals surface area contributed by atoms with E-state index < -0.39 is 0 Å². The molecule has 0 aliphatic carbocycles. The molecule has 1 aliphatic heterocycles. The van der Waals surface area contributed by atoms with Gasteiger partial charge in [0, 0.05) is 22.3 Å². The zero-order valence-corrected chi connectivity index (χ0v) is 14.5. The Morgan fingerprint density at radius 3 is 2.88 bits per heavy atom. The summed E-state index contributed by atoms with van der Waals surface area (Å²) >= 11 is 6.08. The molecule has 2 heterocycles. The van der Waals surface area contributed by atoms with Crippen molar-refractivity contribution < 1.29 is 4.42 Å². The standard InChI is InChI=1S/C20H19ClN2O/c1-13-10-15-6-3-4-9-19(15)23(13)12-18-14(2)24-20(22-18)16-7-5-8-17(21)11-16/h3-9,11,13H,10,12H2,1-2H3. The lowest BCUT2D eigenvalue weighted by molar-refractivity contribution is 0.537. The van der Waals surface area contributed by atoms with Crippen molar-refractivity contribution in [3.8, 4) is 11.5 Å². The number of anilines is 1. The number of hydrogen-bond donors (Lipinski definition) is 0. The summed E-state index contributed by atoms with van der Waals surface area (Å²) < 4.78 is 5.89. The van der Waals surface area contributed by atoms with Crippen molar-refractivity contribution in [3.05, 3.63) is 70.6 Å². The van der Waals surface area contributed by atoms with Crippen LogP contribution in [0.2, 0.25) is 5.02 Å². The van der Waals surface area contributed by atoms with Gasteiger partial charge in [-0.05, 0) is 50.1 Å². The highest BCUT2D eigenvalue weighted by atomic mass is 35.5. The largest absolute Gasteiger partial charge is 0.441 e. The first-order valence-electron chi connectivity index (χ1n) is 8.18. The van der Waals surface area contributed by atoms with Crippen LogP contribution in [-0.2, 0) is 13.0 Å². The molecule has 4 heteroatoms. The molecule has 122 valence electrons. The summed E-state index contributed by atoms with van der Waals surface area (Å²) in [6, 6.07) is 16.7. The quantitative estimate of drug-likeness (QED) is 0.652. The number of oxazole rings is 1. The molecule has 3 aromatic rings. The maximum absolute atomic E-state index is 6.08. The fourth-order valence-electron chi connectivity index (χ4n) is 3.35. The van der Waals surface area contributed by atoms with Crippen LogP contribution >= 0.6 is 11.6 Å². The molecule has 0 amide bonds. The molecule has 0 saturated carbocycles. The van der Waals surface area contributed by atoms with Crippen LogP contribution < -0.4 is 4.90 Å². The summed E-state index contributed by atoms with van der Waals surface area (Å²) in [5.41, 5.74) is 4.60. The Balaban J connectivity index is 1.64. The zero-order valence-electron chi connectivity index (χ0n) is 13.8. The van der Waals surface area contributed by atoms with Crippen molar-refractivity contribution in [2.75, 3.05) is 4.90 Å². The van der Waals surface area contributed by atoms with E-state index in [2.05, 4.69) is 36.1 Å². The van der Waals surface area contributed by atoms with Gasteiger partial charge in [-0.15, -0.1) is 0 Å². The van der Waals surface area contributed by atoms with Crippen LogP contribution in [0.4, 0.5) is 5.69 Å². The monoisotopic (exact) mass is 338 g/mol. The summed E-state index contributed by atoms with van der Waals surface area (Å²) in [5, 5.41) is 0.687. The lowest BCUT2D eigenvalue weighted by atomic mass is 10.1. The SMILES string of the molecule is Cc1oc(-c2cccc(Cl)c2)nc1CN1c2ccccc2CC1C. The second kappa shape index (κ2) is 5.99. The smallest absolute Gasteiger partial charge is 0.226 e. The number of benzene rings is 2. The molecule has 0 saturated heterocycles. The van der Waals surface area contributed by atoms with Crippen LogP contribution in [0.3, 0.4) is 0 Å². The molecule has 0 N–H and O–H groups in total. The van der Waals surface area contributed by atoms with Crippen LogP contribution in [0.15, 0.2) is 52.9 Å². The molecule has 2 aromatic carbocycles. The Labute approximate surface area is 146 Å². The molecule has 1 unspecified atom stereocenters. The summed E-state index contributed by atoms with van der Waals surface area (Å²) in [4.78, 5) is 7.13. The van der Waals surface area contributed by atoms with E-state index in [0.29, 0.717) is 17.0 Å². The van der Waals surface area contributed by atoms with Gasteiger partial charge in [-0.1, -0.05) is 35.9 Å². The summed E-state index contributed by atoms with van der Waals surface area (Å²) in [7, 11) is 0. The Morgan fingerprint density at radius 2 is 2.04 bits per heavy atom. The minimum absolute atomic E-state index is 0.466. The van der Waals surface area contributed by atoms with Gasteiger partial charge < -0.3 is 9.32 Å². The van der Waals surface area contributed by atoms with Crippen molar-refractivity contribution in [2.45, 2.75) is 32.9 Å². The second-order valence-corrected chi connectivity index (χ2v) is 6.78. The first-order chi connectivity index (χ1) is 11.6. The van der Waals surface area contributed by atoms with Crippen molar-refractivity contribution in [1.82, 2.24) is 4.98 Å². The van der Waals surface area contributed by atoms with Crippen molar-refractivity contribution in [2.24, 2.45) is 0 Å².